The van der Waals surface area contributed by atoms with E-state index >= 15 is 0 Å². The van der Waals surface area contributed by atoms with E-state index in [9.17, 15) is 0 Å². The maximum atomic E-state index is 5.74. The maximum Gasteiger partial charge on any atom is 0.160 e. The Hall–Kier alpha value is -1.16. The van der Waals surface area contributed by atoms with Crippen LogP contribution in [-0.4, -0.2) is 19.6 Å². The zero-order valence-corrected chi connectivity index (χ0v) is 9.50. The summed E-state index contributed by atoms with van der Waals surface area (Å²) in [6, 6.07) is 1.69. The molecule has 2 aromatic rings. The molecule has 2 aromatic heterocycles. The summed E-state index contributed by atoms with van der Waals surface area (Å²) in [5.74, 6) is 1.47. The lowest BCUT2D eigenvalue weighted by Crippen LogP contribution is -1.96. The summed E-state index contributed by atoms with van der Waals surface area (Å²) in [4.78, 5) is 8.20. The molecular formula is C9H13ClN4. The van der Waals surface area contributed by atoms with Gasteiger partial charge in [0.1, 0.15) is 16.8 Å². The summed E-state index contributed by atoms with van der Waals surface area (Å²) in [6.07, 6.45) is 0. The van der Waals surface area contributed by atoms with Crippen LogP contribution in [0.5, 0.6) is 0 Å². The number of hydrogen-bond donors (Lipinski definition) is 0. The Kier molecular flexibility index (Phi) is 3.41. The minimum atomic E-state index is 0.451. The topological polar surface area (TPSA) is 43.1 Å². The molecule has 0 bridgehead atoms. The summed E-state index contributed by atoms with van der Waals surface area (Å²) in [6.45, 7) is 7.67. The second kappa shape index (κ2) is 4.37. The van der Waals surface area contributed by atoms with Crippen LogP contribution in [0.15, 0.2) is 6.07 Å². The summed E-state index contributed by atoms with van der Waals surface area (Å²) in [5.41, 5.74) is 0.741. The van der Waals surface area contributed by atoms with Crippen LogP contribution in [0, 0.1) is 13.8 Å². The maximum absolute atomic E-state index is 5.74. The van der Waals surface area contributed by atoms with Gasteiger partial charge in [-0.2, -0.15) is 4.52 Å². The minimum absolute atomic E-state index is 0.451. The van der Waals surface area contributed by atoms with Gasteiger partial charge in [-0.25, -0.2) is 9.97 Å². The molecule has 14 heavy (non-hydrogen) atoms. The van der Waals surface area contributed by atoms with Crippen molar-refractivity contribution in [2.45, 2.75) is 27.7 Å². The zero-order valence-electron chi connectivity index (χ0n) is 8.74. The second-order valence-electron chi connectivity index (χ2n) is 2.56. The molecule has 0 spiro atoms. The van der Waals surface area contributed by atoms with Gasteiger partial charge in [0.25, 0.3) is 0 Å². The molecule has 0 aliphatic rings. The third kappa shape index (κ3) is 2.01. The van der Waals surface area contributed by atoms with E-state index in [1.165, 1.54) is 0 Å². The van der Waals surface area contributed by atoms with E-state index in [-0.39, 0.29) is 0 Å². The summed E-state index contributed by atoms with van der Waals surface area (Å²) >= 11 is 5.74. The molecule has 0 aliphatic carbocycles. The number of fused-ring (bicyclic) bond motifs is 1. The van der Waals surface area contributed by atoms with E-state index in [1.54, 1.807) is 10.6 Å². The van der Waals surface area contributed by atoms with E-state index in [0.717, 1.165) is 17.3 Å². The Morgan fingerprint density at radius 1 is 1.21 bits per heavy atom. The Labute approximate surface area is 87.9 Å². The molecule has 0 amide bonds. The normalized spacial score (nSPS) is 9.79. The van der Waals surface area contributed by atoms with E-state index in [4.69, 9.17) is 11.6 Å². The largest absolute Gasteiger partial charge is 0.221 e. The fraction of sp³-hybridized carbons (Fsp3) is 0.444. The molecular weight excluding hydrogens is 200 g/mol. The molecule has 0 fully saturated rings. The van der Waals surface area contributed by atoms with Crippen LogP contribution in [0.25, 0.3) is 5.65 Å². The number of nitrogens with zero attached hydrogens (tertiary/aromatic N) is 4. The fourth-order valence-electron chi connectivity index (χ4n) is 1.10. The first kappa shape index (κ1) is 10.9. The van der Waals surface area contributed by atoms with Crippen molar-refractivity contribution < 1.29 is 0 Å². The van der Waals surface area contributed by atoms with E-state index in [2.05, 4.69) is 15.1 Å². The monoisotopic (exact) mass is 212 g/mol. The number of aryl methyl sites for hydroxylation is 2. The molecule has 76 valence electrons. The smallest absolute Gasteiger partial charge is 0.160 e. The third-order valence-electron chi connectivity index (χ3n) is 1.56. The quantitative estimate of drug-likeness (QED) is 0.630. The predicted molar refractivity (Wildman–Crippen MR) is 56.6 cm³/mol. The molecule has 0 aliphatic heterocycles. The van der Waals surface area contributed by atoms with Crippen LogP contribution < -0.4 is 0 Å². The van der Waals surface area contributed by atoms with Crippen molar-refractivity contribution in [3.05, 3.63) is 22.9 Å². The molecule has 0 aromatic carbocycles. The molecule has 2 heterocycles. The standard InChI is InChI=1S/C7H7ClN4.C2H6/c1-4-9-7-3-6(8)10-5(2)12(7)11-4;1-2/h3H,1-2H3;1-2H3. The lowest BCUT2D eigenvalue weighted by Gasteiger charge is -1.95. The van der Waals surface area contributed by atoms with Gasteiger partial charge in [-0.3, -0.25) is 0 Å². The second-order valence-corrected chi connectivity index (χ2v) is 2.94. The highest BCUT2D eigenvalue weighted by Gasteiger charge is 2.03. The van der Waals surface area contributed by atoms with Gasteiger partial charge in [-0.1, -0.05) is 25.4 Å². The Morgan fingerprint density at radius 3 is 2.50 bits per heavy atom. The molecule has 0 atom stereocenters. The summed E-state index contributed by atoms with van der Waals surface area (Å²) in [7, 11) is 0. The molecule has 0 saturated carbocycles. The minimum Gasteiger partial charge on any atom is -0.221 e. The van der Waals surface area contributed by atoms with Crippen LogP contribution >= 0.6 is 11.6 Å². The lowest BCUT2D eigenvalue weighted by molar-refractivity contribution is 0.849. The van der Waals surface area contributed by atoms with Gasteiger partial charge >= 0.3 is 0 Å². The number of aromatic nitrogens is 4. The van der Waals surface area contributed by atoms with Gasteiger partial charge in [-0.05, 0) is 13.8 Å². The molecule has 5 heteroatoms. The molecule has 0 unspecified atom stereocenters. The van der Waals surface area contributed by atoms with Gasteiger partial charge in [0.2, 0.25) is 0 Å². The first-order valence-corrected chi connectivity index (χ1v) is 4.91. The highest BCUT2D eigenvalue weighted by atomic mass is 35.5. The first-order chi connectivity index (χ1) is 6.66. The Morgan fingerprint density at radius 2 is 1.86 bits per heavy atom. The molecule has 0 radical (unpaired) electrons. The first-order valence-electron chi connectivity index (χ1n) is 4.53. The highest BCUT2D eigenvalue weighted by molar-refractivity contribution is 6.29. The molecule has 0 N–H and O–H groups in total. The molecule has 4 nitrogen and oxygen atoms in total. The van der Waals surface area contributed by atoms with E-state index < -0.39 is 0 Å². The van der Waals surface area contributed by atoms with Crippen molar-refractivity contribution in [1.29, 1.82) is 0 Å². The Balaban J connectivity index is 0.000000461. The van der Waals surface area contributed by atoms with Gasteiger partial charge < -0.3 is 0 Å². The average Bonchev–Trinajstić information content (AvgIpc) is 2.49. The number of halogens is 1. The Bertz CT molecular complexity index is 436. The zero-order chi connectivity index (χ0) is 10.7. The van der Waals surface area contributed by atoms with Gasteiger partial charge in [0.05, 0.1) is 0 Å². The van der Waals surface area contributed by atoms with Crippen molar-refractivity contribution in [1.82, 2.24) is 19.6 Å². The van der Waals surface area contributed by atoms with Gasteiger partial charge in [0.15, 0.2) is 5.65 Å². The van der Waals surface area contributed by atoms with Crippen molar-refractivity contribution in [3.8, 4) is 0 Å². The number of rotatable bonds is 0. The van der Waals surface area contributed by atoms with Crippen LogP contribution in [0.3, 0.4) is 0 Å². The predicted octanol–water partition coefficient (Wildman–Crippen LogP) is 2.42. The van der Waals surface area contributed by atoms with Crippen molar-refractivity contribution >= 4 is 17.2 Å². The van der Waals surface area contributed by atoms with Crippen LogP contribution in [-0.2, 0) is 0 Å². The molecule has 2 rings (SSSR count). The van der Waals surface area contributed by atoms with Gasteiger partial charge in [-0.15, -0.1) is 5.10 Å². The highest BCUT2D eigenvalue weighted by Crippen LogP contribution is 2.09. The number of hydrogen-bond acceptors (Lipinski definition) is 3. The summed E-state index contributed by atoms with van der Waals surface area (Å²) in [5, 5.41) is 4.59. The van der Waals surface area contributed by atoms with Crippen LogP contribution in [0.1, 0.15) is 25.5 Å². The van der Waals surface area contributed by atoms with E-state index in [1.807, 2.05) is 27.7 Å². The SMILES string of the molecule is CC.Cc1nc2cc(Cl)nc(C)n2n1. The van der Waals surface area contributed by atoms with Crippen LogP contribution in [0.4, 0.5) is 0 Å². The summed E-state index contributed by atoms with van der Waals surface area (Å²) < 4.78 is 1.67. The van der Waals surface area contributed by atoms with Crippen molar-refractivity contribution in [2.75, 3.05) is 0 Å². The third-order valence-corrected chi connectivity index (χ3v) is 1.76. The van der Waals surface area contributed by atoms with Crippen LogP contribution in [0.2, 0.25) is 5.15 Å². The average molecular weight is 213 g/mol. The lowest BCUT2D eigenvalue weighted by atomic mass is 10.6. The van der Waals surface area contributed by atoms with E-state index in [0.29, 0.717) is 5.15 Å². The molecule has 0 saturated heterocycles. The van der Waals surface area contributed by atoms with Crippen molar-refractivity contribution in [3.63, 3.8) is 0 Å². The van der Waals surface area contributed by atoms with Crippen molar-refractivity contribution in [2.24, 2.45) is 0 Å². The fourth-order valence-corrected chi connectivity index (χ4v) is 1.32. The van der Waals surface area contributed by atoms with Gasteiger partial charge in [0, 0.05) is 6.07 Å².